The number of nitrogens with zero attached hydrogens (tertiary/aromatic N) is 1. The zero-order valence-corrected chi connectivity index (χ0v) is 12.0. The van der Waals surface area contributed by atoms with E-state index in [0.717, 1.165) is 4.31 Å². The topological polar surface area (TPSA) is 104 Å². The molecule has 110 valence electrons. The molecular weight excluding hydrogens is 284 g/mol. The van der Waals surface area contributed by atoms with E-state index < -0.39 is 22.5 Å². The van der Waals surface area contributed by atoms with Crippen molar-refractivity contribution in [3.05, 3.63) is 24.3 Å². The molecule has 0 radical (unpaired) electrons. The molecule has 20 heavy (non-hydrogen) atoms. The van der Waals surface area contributed by atoms with Gasteiger partial charge >= 0.3 is 5.97 Å². The number of hydrogen-bond acceptors (Lipinski definition) is 4. The van der Waals surface area contributed by atoms with Crippen molar-refractivity contribution >= 4 is 27.6 Å². The van der Waals surface area contributed by atoms with Crippen molar-refractivity contribution < 1.29 is 23.1 Å². The molecule has 0 unspecified atom stereocenters. The van der Waals surface area contributed by atoms with Crippen molar-refractivity contribution in [2.45, 2.75) is 18.2 Å². The van der Waals surface area contributed by atoms with Gasteiger partial charge in [0.1, 0.15) is 6.54 Å². The van der Waals surface area contributed by atoms with E-state index in [-0.39, 0.29) is 10.8 Å². The molecule has 1 aromatic rings. The minimum atomic E-state index is -3.85. The van der Waals surface area contributed by atoms with Crippen molar-refractivity contribution in [1.29, 1.82) is 0 Å². The van der Waals surface area contributed by atoms with E-state index in [4.69, 9.17) is 5.11 Å². The first-order chi connectivity index (χ1) is 9.27. The van der Waals surface area contributed by atoms with E-state index in [1.807, 2.05) is 0 Å². The van der Waals surface area contributed by atoms with Gasteiger partial charge in [-0.2, -0.15) is 4.31 Å². The Morgan fingerprint density at radius 1 is 1.25 bits per heavy atom. The quantitative estimate of drug-likeness (QED) is 0.806. The molecule has 0 saturated heterocycles. The number of hydrogen-bond donors (Lipinski definition) is 2. The molecule has 0 aliphatic heterocycles. The molecule has 0 atom stereocenters. The fraction of sp³-hybridized carbons (Fsp3) is 0.333. The summed E-state index contributed by atoms with van der Waals surface area (Å²) in [5, 5.41) is 11.2. The van der Waals surface area contributed by atoms with E-state index >= 15 is 0 Å². The molecule has 0 heterocycles. The Hall–Kier alpha value is -1.93. The maximum atomic E-state index is 12.0. The second-order valence-electron chi connectivity index (χ2n) is 4.08. The molecule has 1 aromatic carbocycles. The van der Waals surface area contributed by atoms with Gasteiger partial charge in [0.25, 0.3) is 0 Å². The van der Waals surface area contributed by atoms with Gasteiger partial charge in [0.15, 0.2) is 0 Å². The predicted molar refractivity (Wildman–Crippen MR) is 72.8 cm³/mol. The summed E-state index contributed by atoms with van der Waals surface area (Å²) in [6.45, 7) is 1.09. The molecule has 2 N–H and O–H groups in total. The van der Waals surface area contributed by atoms with Gasteiger partial charge in [-0.25, -0.2) is 8.42 Å². The van der Waals surface area contributed by atoms with Gasteiger partial charge < -0.3 is 10.4 Å². The summed E-state index contributed by atoms with van der Waals surface area (Å²) in [6.07, 6.45) is 0.321. The number of sulfonamides is 1. The summed E-state index contributed by atoms with van der Waals surface area (Å²) in [7, 11) is -2.65. The van der Waals surface area contributed by atoms with E-state index in [1.54, 1.807) is 6.92 Å². The normalized spacial score (nSPS) is 11.3. The molecule has 0 spiro atoms. The molecule has 0 fully saturated rings. The third kappa shape index (κ3) is 4.04. The zero-order valence-electron chi connectivity index (χ0n) is 11.2. The summed E-state index contributed by atoms with van der Waals surface area (Å²) in [5.41, 5.74) is 0.483. The highest BCUT2D eigenvalue weighted by atomic mass is 32.2. The number of aliphatic carboxylic acids is 1. The summed E-state index contributed by atoms with van der Waals surface area (Å²) in [4.78, 5) is 21.7. The molecule has 0 aliphatic rings. The third-order valence-electron chi connectivity index (χ3n) is 2.53. The lowest BCUT2D eigenvalue weighted by Gasteiger charge is -2.15. The highest BCUT2D eigenvalue weighted by molar-refractivity contribution is 7.89. The van der Waals surface area contributed by atoms with Crippen LogP contribution in [0.2, 0.25) is 0 Å². The number of carbonyl (C=O) groups excluding carboxylic acids is 1. The number of rotatable bonds is 6. The fourth-order valence-electron chi connectivity index (χ4n) is 1.42. The maximum absolute atomic E-state index is 12.0. The number of nitrogens with one attached hydrogen (secondary N) is 1. The molecule has 0 aromatic heterocycles. The Bertz CT molecular complexity index is 595. The highest BCUT2D eigenvalue weighted by Gasteiger charge is 2.22. The average Bonchev–Trinajstić information content (AvgIpc) is 2.38. The number of anilines is 1. The average molecular weight is 300 g/mol. The van der Waals surface area contributed by atoms with Crippen molar-refractivity contribution in [1.82, 2.24) is 4.31 Å². The summed E-state index contributed by atoms with van der Waals surface area (Å²) < 4.78 is 24.8. The van der Waals surface area contributed by atoms with Crippen LogP contribution < -0.4 is 5.32 Å². The van der Waals surface area contributed by atoms with Crippen molar-refractivity contribution in [2.75, 3.05) is 18.9 Å². The molecule has 7 nitrogen and oxygen atoms in total. The lowest BCUT2D eigenvalue weighted by atomic mass is 10.3. The number of likely N-dealkylation sites (N-methyl/N-ethyl adjacent to an activating group) is 1. The lowest BCUT2D eigenvalue weighted by molar-refractivity contribution is -0.137. The number of amides is 1. The van der Waals surface area contributed by atoms with Gasteiger partial charge in [0.2, 0.25) is 15.9 Å². The van der Waals surface area contributed by atoms with Crippen LogP contribution in [0.3, 0.4) is 0 Å². The number of carboxylic acid groups (broad SMARTS) is 1. The Morgan fingerprint density at radius 3 is 2.25 bits per heavy atom. The number of carboxylic acids is 1. The highest BCUT2D eigenvalue weighted by Crippen LogP contribution is 2.17. The van der Waals surface area contributed by atoms with E-state index in [1.165, 1.54) is 31.3 Å². The van der Waals surface area contributed by atoms with Crippen molar-refractivity contribution in [3.63, 3.8) is 0 Å². The second-order valence-corrected chi connectivity index (χ2v) is 6.13. The molecule has 1 amide bonds. The minimum Gasteiger partial charge on any atom is -0.480 e. The fourth-order valence-corrected chi connectivity index (χ4v) is 2.54. The molecule has 8 heteroatoms. The molecule has 0 aliphatic carbocycles. The Labute approximate surface area is 117 Å². The number of carbonyl (C=O) groups is 2. The van der Waals surface area contributed by atoms with E-state index in [2.05, 4.69) is 5.32 Å². The van der Waals surface area contributed by atoms with Gasteiger partial charge in [0, 0.05) is 19.2 Å². The monoisotopic (exact) mass is 300 g/mol. The van der Waals surface area contributed by atoms with Crippen molar-refractivity contribution in [2.24, 2.45) is 0 Å². The van der Waals surface area contributed by atoms with E-state index in [9.17, 15) is 18.0 Å². The Balaban J connectivity index is 2.92. The van der Waals surface area contributed by atoms with Gasteiger partial charge in [-0.1, -0.05) is 6.92 Å². The Morgan fingerprint density at radius 2 is 1.80 bits per heavy atom. The minimum absolute atomic E-state index is 0.0317. The third-order valence-corrected chi connectivity index (χ3v) is 4.34. The molecular formula is C12H16N2O5S. The summed E-state index contributed by atoms with van der Waals surface area (Å²) in [5.74, 6) is -1.41. The van der Waals surface area contributed by atoms with Crippen LogP contribution in [-0.4, -0.2) is 43.3 Å². The van der Waals surface area contributed by atoms with Gasteiger partial charge in [-0.3, -0.25) is 9.59 Å². The van der Waals surface area contributed by atoms with Crippen LogP contribution in [0.25, 0.3) is 0 Å². The summed E-state index contributed by atoms with van der Waals surface area (Å²) in [6, 6.07) is 5.54. The van der Waals surface area contributed by atoms with Crippen LogP contribution in [0, 0.1) is 0 Å². The van der Waals surface area contributed by atoms with Crippen LogP contribution in [0.1, 0.15) is 13.3 Å². The van der Waals surface area contributed by atoms with Crippen LogP contribution in [-0.2, 0) is 19.6 Å². The SMILES string of the molecule is CCC(=O)Nc1ccc(S(=O)(=O)N(C)CC(=O)O)cc1. The Kier molecular flexibility index (Phi) is 5.23. The van der Waals surface area contributed by atoms with Crippen LogP contribution in [0.4, 0.5) is 5.69 Å². The first-order valence-electron chi connectivity index (χ1n) is 5.85. The summed E-state index contributed by atoms with van der Waals surface area (Å²) >= 11 is 0. The smallest absolute Gasteiger partial charge is 0.318 e. The molecule has 0 saturated carbocycles. The van der Waals surface area contributed by atoms with E-state index in [0.29, 0.717) is 12.1 Å². The molecule has 1 rings (SSSR count). The molecule has 0 bridgehead atoms. The van der Waals surface area contributed by atoms with Crippen LogP contribution >= 0.6 is 0 Å². The maximum Gasteiger partial charge on any atom is 0.318 e. The predicted octanol–water partition coefficient (Wildman–Crippen LogP) is 0.740. The van der Waals surface area contributed by atoms with Gasteiger partial charge in [0.05, 0.1) is 4.90 Å². The lowest BCUT2D eigenvalue weighted by Crippen LogP contribution is -2.32. The first kappa shape index (κ1) is 16.1. The number of benzene rings is 1. The first-order valence-corrected chi connectivity index (χ1v) is 7.29. The van der Waals surface area contributed by atoms with Crippen LogP contribution in [0.5, 0.6) is 0 Å². The van der Waals surface area contributed by atoms with Gasteiger partial charge in [-0.15, -0.1) is 0 Å². The van der Waals surface area contributed by atoms with Crippen LogP contribution in [0.15, 0.2) is 29.2 Å². The standard InChI is InChI=1S/C12H16N2O5S/c1-3-11(15)13-9-4-6-10(7-5-9)20(18,19)14(2)8-12(16)17/h4-7H,3,8H2,1-2H3,(H,13,15)(H,16,17). The second kappa shape index (κ2) is 6.49. The largest absolute Gasteiger partial charge is 0.480 e. The van der Waals surface area contributed by atoms with Gasteiger partial charge in [-0.05, 0) is 24.3 Å². The van der Waals surface area contributed by atoms with Crippen molar-refractivity contribution in [3.8, 4) is 0 Å². The zero-order chi connectivity index (χ0) is 15.3.